The molecule has 1 rings (SSSR count). The van der Waals surface area contributed by atoms with Gasteiger partial charge in [0.25, 0.3) is 0 Å². The predicted molar refractivity (Wildman–Crippen MR) is 61.7 cm³/mol. The molecule has 1 aromatic rings. The van der Waals surface area contributed by atoms with Crippen LogP contribution in [-0.2, 0) is 16.0 Å². The van der Waals surface area contributed by atoms with Crippen LogP contribution in [0.1, 0.15) is 12.5 Å². The summed E-state index contributed by atoms with van der Waals surface area (Å²) >= 11 is 11.8. The Bertz CT molecular complexity index is 350. The summed E-state index contributed by atoms with van der Waals surface area (Å²) in [4.78, 5) is 11.4. The molecule has 1 aromatic carbocycles. The lowest BCUT2D eigenvalue weighted by atomic mass is 10.1. The van der Waals surface area contributed by atoms with Crippen molar-refractivity contribution in [2.45, 2.75) is 13.3 Å². The first-order valence-corrected chi connectivity index (χ1v) is 5.43. The molecule has 0 unspecified atom stereocenters. The summed E-state index contributed by atoms with van der Waals surface area (Å²) in [6.45, 7) is 2.51. The van der Waals surface area contributed by atoms with E-state index in [1.54, 1.807) is 18.2 Å². The Labute approximate surface area is 99.1 Å². The van der Waals surface area contributed by atoms with Gasteiger partial charge < -0.3 is 4.74 Å². The molecule has 15 heavy (non-hydrogen) atoms. The predicted octanol–water partition coefficient (Wildman–Crippen LogP) is 3.14. The fourth-order valence-corrected chi connectivity index (χ4v) is 1.55. The first-order chi connectivity index (χ1) is 7.15. The number of ketones is 1. The van der Waals surface area contributed by atoms with E-state index >= 15 is 0 Å². The zero-order valence-electron chi connectivity index (χ0n) is 8.43. The first kappa shape index (κ1) is 12.5. The fourth-order valence-electron chi connectivity index (χ4n) is 1.16. The van der Waals surface area contributed by atoms with Crippen molar-refractivity contribution < 1.29 is 9.53 Å². The van der Waals surface area contributed by atoms with Crippen LogP contribution in [-0.4, -0.2) is 19.0 Å². The molecule has 82 valence electrons. The number of hydrogen-bond donors (Lipinski definition) is 0. The van der Waals surface area contributed by atoms with E-state index in [-0.39, 0.29) is 18.8 Å². The summed E-state index contributed by atoms with van der Waals surface area (Å²) in [5.74, 6) is 0.000941. The van der Waals surface area contributed by atoms with Crippen molar-refractivity contribution in [3.63, 3.8) is 0 Å². The minimum Gasteiger partial charge on any atom is -0.374 e. The second kappa shape index (κ2) is 6.11. The van der Waals surface area contributed by atoms with Crippen molar-refractivity contribution in [1.82, 2.24) is 0 Å². The van der Waals surface area contributed by atoms with Crippen molar-refractivity contribution >= 4 is 29.0 Å². The maximum absolute atomic E-state index is 11.4. The van der Waals surface area contributed by atoms with Crippen LogP contribution in [0.15, 0.2) is 18.2 Å². The van der Waals surface area contributed by atoms with Gasteiger partial charge in [0.15, 0.2) is 5.78 Å². The van der Waals surface area contributed by atoms with E-state index in [1.165, 1.54) is 0 Å². The molecule has 2 nitrogen and oxygen atoms in total. The average molecular weight is 247 g/mol. The second-order valence-electron chi connectivity index (χ2n) is 3.07. The summed E-state index contributed by atoms with van der Waals surface area (Å²) in [6, 6.07) is 5.26. The Balaban J connectivity index is 2.64. The van der Waals surface area contributed by atoms with Crippen LogP contribution in [0.3, 0.4) is 0 Å². The van der Waals surface area contributed by atoms with Gasteiger partial charge in [-0.2, -0.15) is 0 Å². The maximum atomic E-state index is 11.4. The van der Waals surface area contributed by atoms with Crippen molar-refractivity contribution in [2.75, 3.05) is 13.2 Å². The summed E-state index contributed by atoms with van der Waals surface area (Å²) in [5, 5.41) is 0.919. The number of benzene rings is 1. The molecule has 0 spiro atoms. The molecule has 0 bridgehead atoms. The Kier molecular flexibility index (Phi) is 5.09. The smallest absolute Gasteiger partial charge is 0.162 e. The lowest BCUT2D eigenvalue weighted by Gasteiger charge is -2.05. The number of halogens is 2. The van der Waals surface area contributed by atoms with Gasteiger partial charge in [0.2, 0.25) is 0 Å². The van der Waals surface area contributed by atoms with Gasteiger partial charge >= 0.3 is 0 Å². The Morgan fingerprint density at radius 2 is 2.13 bits per heavy atom. The van der Waals surface area contributed by atoms with Crippen LogP contribution in [0.25, 0.3) is 0 Å². The topological polar surface area (TPSA) is 26.3 Å². The van der Waals surface area contributed by atoms with E-state index in [0.717, 1.165) is 5.56 Å². The molecular weight excluding hydrogens is 235 g/mol. The number of hydrogen-bond acceptors (Lipinski definition) is 2. The van der Waals surface area contributed by atoms with Gasteiger partial charge in [-0.3, -0.25) is 4.79 Å². The van der Waals surface area contributed by atoms with Gasteiger partial charge in [0, 0.05) is 13.0 Å². The van der Waals surface area contributed by atoms with Gasteiger partial charge in [-0.15, -0.1) is 0 Å². The van der Waals surface area contributed by atoms with Crippen LogP contribution in [0.2, 0.25) is 10.0 Å². The van der Waals surface area contributed by atoms with Crippen molar-refractivity contribution in [3.8, 4) is 0 Å². The van der Waals surface area contributed by atoms with Gasteiger partial charge in [-0.1, -0.05) is 35.3 Å². The van der Waals surface area contributed by atoms with Crippen molar-refractivity contribution in [3.05, 3.63) is 33.8 Å². The van der Waals surface area contributed by atoms with E-state index < -0.39 is 0 Å². The van der Waals surface area contributed by atoms with Crippen molar-refractivity contribution in [2.24, 2.45) is 0 Å². The second-order valence-corrected chi connectivity index (χ2v) is 3.85. The number of carbonyl (C=O) groups is 1. The molecule has 0 heterocycles. The third-order valence-electron chi connectivity index (χ3n) is 1.89. The van der Waals surface area contributed by atoms with Crippen LogP contribution >= 0.6 is 23.2 Å². The molecule has 0 aliphatic carbocycles. The zero-order valence-corrected chi connectivity index (χ0v) is 9.94. The van der Waals surface area contributed by atoms with Crippen LogP contribution in [0.4, 0.5) is 0 Å². The highest BCUT2D eigenvalue weighted by atomic mass is 35.5. The molecule has 0 fully saturated rings. The summed E-state index contributed by atoms with van der Waals surface area (Å²) in [5.41, 5.74) is 0.744. The highest BCUT2D eigenvalue weighted by Crippen LogP contribution is 2.25. The first-order valence-electron chi connectivity index (χ1n) is 4.67. The molecule has 0 saturated carbocycles. The highest BCUT2D eigenvalue weighted by Gasteiger charge is 2.09. The number of Topliss-reactive ketones (excluding diaryl/α,β-unsaturated/α-hetero) is 1. The van der Waals surface area contributed by atoms with Gasteiger partial charge in [0.05, 0.1) is 10.0 Å². The largest absolute Gasteiger partial charge is 0.374 e. The average Bonchev–Trinajstić information content (AvgIpc) is 2.22. The molecule has 0 saturated heterocycles. The Morgan fingerprint density at radius 3 is 2.80 bits per heavy atom. The van der Waals surface area contributed by atoms with Crippen LogP contribution < -0.4 is 0 Å². The molecule has 0 N–H and O–H groups in total. The zero-order chi connectivity index (χ0) is 11.3. The van der Waals surface area contributed by atoms with Gasteiger partial charge in [-0.25, -0.2) is 0 Å². The summed E-state index contributed by atoms with van der Waals surface area (Å²) in [6.07, 6.45) is 0.263. The number of ether oxygens (including phenoxy) is 1. The monoisotopic (exact) mass is 246 g/mol. The lowest BCUT2D eigenvalue weighted by Crippen LogP contribution is -2.11. The molecule has 0 aliphatic rings. The van der Waals surface area contributed by atoms with E-state index in [0.29, 0.717) is 16.7 Å². The third kappa shape index (κ3) is 3.82. The molecule has 0 radical (unpaired) electrons. The quantitative estimate of drug-likeness (QED) is 0.798. The van der Waals surface area contributed by atoms with Crippen LogP contribution in [0, 0.1) is 0 Å². The highest BCUT2D eigenvalue weighted by molar-refractivity contribution is 6.42. The lowest BCUT2D eigenvalue weighted by molar-refractivity contribution is -0.122. The maximum Gasteiger partial charge on any atom is 0.162 e. The van der Waals surface area contributed by atoms with Crippen molar-refractivity contribution in [1.29, 1.82) is 0 Å². The van der Waals surface area contributed by atoms with E-state index in [9.17, 15) is 4.79 Å². The summed E-state index contributed by atoms with van der Waals surface area (Å²) < 4.78 is 5.01. The Morgan fingerprint density at radius 1 is 1.40 bits per heavy atom. The SMILES string of the molecule is CCOCC(=O)Cc1cccc(Cl)c1Cl. The van der Waals surface area contributed by atoms with E-state index in [1.807, 2.05) is 6.92 Å². The van der Waals surface area contributed by atoms with Gasteiger partial charge in [-0.05, 0) is 18.6 Å². The third-order valence-corrected chi connectivity index (χ3v) is 2.74. The van der Waals surface area contributed by atoms with Crippen LogP contribution in [0.5, 0.6) is 0 Å². The minimum absolute atomic E-state index is 0.000941. The standard InChI is InChI=1S/C11H12Cl2O2/c1-2-15-7-9(14)6-8-4-3-5-10(12)11(8)13/h3-5H,2,6-7H2,1H3. The fraction of sp³-hybridized carbons (Fsp3) is 0.364. The Hall–Kier alpha value is -0.570. The summed E-state index contributed by atoms with van der Waals surface area (Å²) in [7, 11) is 0. The number of rotatable bonds is 5. The number of carbonyl (C=O) groups excluding carboxylic acids is 1. The molecule has 4 heteroatoms. The van der Waals surface area contributed by atoms with Gasteiger partial charge in [0.1, 0.15) is 6.61 Å². The molecule has 0 aromatic heterocycles. The molecule has 0 aliphatic heterocycles. The minimum atomic E-state index is 0.000941. The normalized spacial score (nSPS) is 10.3. The van der Waals surface area contributed by atoms with E-state index in [4.69, 9.17) is 27.9 Å². The molecule has 0 amide bonds. The molecular formula is C11H12Cl2O2. The molecule has 0 atom stereocenters. The van der Waals surface area contributed by atoms with E-state index in [2.05, 4.69) is 0 Å².